The summed E-state index contributed by atoms with van der Waals surface area (Å²) in [5.74, 6) is 0.0194. The molecule has 1 fully saturated rings. The van der Waals surface area contributed by atoms with Crippen molar-refractivity contribution in [3.63, 3.8) is 0 Å². The maximum absolute atomic E-state index is 12.3. The molecule has 0 spiro atoms. The van der Waals surface area contributed by atoms with Crippen LogP contribution in [0.5, 0.6) is 0 Å². The third kappa shape index (κ3) is 3.74. The van der Waals surface area contributed by atoms with E-state index < -0.39 is 0 Å². The van der Waals surface area contributed by atoms with Gasteiger partial charge < -0.3 is 10.2 Å². The van der Waals surface area contributed by atoms with Gasteiger partial charge in [-0.05, 0) is 50.2 Å². The van der Waals surface area contributed by atoms with Gasteiger partial charge in [0.25, 0.3) is 5.91 Å². The van der Waals surface area contributed by atoms with E-state index in [0.717, 1.165) is 43.6 Å². The predicted molar refractivity (Wildman–Crippen MR) is 85.8 cm³/mol. The third-order valence-corrected chi connectivity index (χ3v) is 4.08. The Morgan fingerprint density at radius 3 is 2.86 bits per heavy atom. The maximum Gasteiger partial charge on any atom is 0.251 e. The molecule has 2 aromatic rings. The molecular weight excluding hydrogens is 276 g/mol. The van der Waals surface area contributed by atoms with Crippen LogP contribution in [0.4, 0.5) is 0 Å². The number of hydrogen-bond acceptors (Lipinski definition) is 3. The molecule has 1 unspecified atom stereocenters. The average molecular weight is 298 g/mol. The van der Waals surface area contributed by atoms with Crippen molar-refractivity contribution < 1.29 is 4.79 Å². The Kier molecular flexibility index (Phi) is 4.53. The summed E-state index contributed by atoms with van der Waals surface area (Å²) in [5.41, 5.74) is 1.86. The van der Waals surface area contributed by atoms with Crippen LogP contribution in [0.15, 0.2) is 42.7 Å². The maximum atomic E-state index is 12.3. The van der Waals surface area contributed by atoms with Crippen molar-refractivity contribution in [2.24, 2.45) is 0 Å². The third-order valence-electron chi connectivity index (χ3n) is 4.08. The van der Waals surface area contributed by atoms with Crippen molar-refractivity contribution in [2.45, 2.75) is 25.4 Å². The van der Waals surface area contributed by atoms with Gasteiger partial charge in [-0.25, -0.2) is 0 Å². The summed E-state index contributed by atoms with van der Waals surface area (Å²) in [5, 5.41) is 7.32. The fraction of sp³-hybridized carbons (Fsp3) is 0.412. The molecule has 0 aliphatic carbocycles. The highest BCUT2D eigenvalue weighted by molar-refractivity contribution is 5.94. The van der Waals surface area contributed by atoms with Crippen LogP contribution in [-0.4, -0.2) is 46.8 Å². The van der Waals surface area contributed by atoms with Crippen molar-refractivity contribution in [2.75, 3.05) is 20.1 Å². The van der Waals surface area contributed by atoms with Gasteiger partial charge in [0.2, 0.25) is 0 Å². The Balaban J connectivity index is 1.58. The van der Waals surface area contributed by atoms with Crippen molar-refractivity contribution in [3.05, 3.63) is 53.9 Å². The topological polar surface area (TPSA) is 50.2 Å². The van der Waals surface area contributed by atoms with Gasteiger partial charge in [0, 0.05) is 30.5 Å². The quantitative estimate of drug-likeness (QED) is 0.935. The Morgan fingerprint density at radius 1 is 1.36 bits per heavy atom. The van der Waals surface area contributed by atoms with E-state index in [-0.39, 0.29) is 11.9 Å². The molecule has 0 radical (unpaired) electrons. The van der Waals surface area contributed by atoms with Crippen LogP contribution in [0.2, 0.25) is 0 Å². The summed E-state index contributed by atoms with van der Waals surface area (Å²) in [6.45, 7) is 2.78. The highest BCUT2D eigenvalue weighted by atomic mass is 16.1. The van der Waals surface area contributed by atoms with E-state index in [1.54, 1.807) is 6.20 Å². The van der Waals surface area contributed by atoms with E-state index in [0.29, 0.717) is 0 Å². The molecule has 0 bridgehead atoms. The van der Waals surface area contributed by atoms with Gasteiger partial charge >= 0.3 is 0 Å². The largest absolute Gasteiger partial charge is 0.348 e. The number of carbonyl (C=O) groups is 1. The summed E-state index contributed by atoms with van der Waals surface area (Å²) in [4.78, 5) is 14.6. The molecule has 3 rings (SSSR count). The standard InChI is InChI=1S/C17H22N4O/c1-20-10-2-4-16(13-20)19-17(22)15-7-5-14(6-8-15)12-21-11-3-9-18-21/h3,5-9,11,16H,2,4,10,12-13H2,1H3,(H,19,22). The monoisotopic (exact) mass is 298 g/mol. The molecule has 0 saturated carbocycles. The lowest BCUT2D eigenvalue weighted by atomic mass is 10.1. The molecule has 1 aliphatic heterocycles. The number of likely N-dealkylation sites (tertiary alicyclic amines) is 1. The number of amides is 1. The van der Waals surface area contributed by atoms with Gasteiger partial charge in [-0.1, -0.05) is 12.1 Å². The highest BCUT2D eigenvalue weighted by Crippen LogP contribution is 2.10. The number of rotatable bonds is 4. The molecular formula is C17H22N4O. The molecule has 5 nitrogen and oxygen atoms in total. The zero-order valence-corrected chi connectivity index (χ0v) is 12.9. The van der Waals surface area contributed by atoms with Crippen LogP contribution in [-0.2, 0) is 6.54 Å². The van der Waals surface area contributed by atoms with Crippen molar-refractivity contribution >= 4 is 5.91 Å². The van der Waals surface area contributed by atoms with E-state index in [9.17, 15) is 4.79 Å². The number of aromatic nitrogens is 2. The van der Waals surface area contributed by atoms with Crippen LogP contribution in [0.3, 0.4) is 0 Å². The lowest BCUT2D eigenvalue weighted by Crippen LogP contribution is -2.46. The first-order valence-electron chi connectivity index (χ1n) is 7.76. The first-order chi connectivity index (χ1) is 10.7. The number of piperidine rings is 1. The van der Waals surface area contributed by atoms with Gasteiger partial charge in [-0.3, -0.25) is 9.48 Å². The number of carbonyl (C=O) groups excluding carboxylic acids is 1. The zero-order chi connectivity index (χ0) is 15.4. The Bertz CT molecular complexity index is 606. The Morgan fingerprint density at radius 2 is 2.18 bits per heavy atom. The van der Waals surface area contributed by atoms with E-state index in [1.807, 2.05) is 41.2 Å². The molecule has 116 valence electrons. The minimum Gasteiger partial charge on any atom is -0.348 e. The zero-order valence-electron chi connectivity index (χ0n) is 12.9. The number of benzene rings is 1. The van der Waals surface area contributed by atoms with Gasteiger partial charge in [0.15, 0.2) is 0 Å². The number of hydrogen-bond donors (Lipinski definition) is 1. The summed E-state index contributed by atoms with van der Waals surface area (Å²) < 4.78 is 1.87. The van der Waals surface area contributed by atoms with Crippen LogP contribution < -0.4 is 5.32 Å². The van der Waals surface area contributed by atoms with Crippen LogP contribution in [0, 0.1) is 0 Å². The summed E-state index contributed by atoms with van der Waals surface area (Å²) in [6, 6.07) is 9.92. The molecule has 1 N–H and O–H groups in total. The second-order valence-corrected chi connectivity index (χ2v) is 5.98. The van der Waals surface area contributed by atoms with Crippen LogP contribution >= 0.6 is 0 Å². The first kappa shape index (κ1) is 14.8. The minimum absolute atomic E-state index is 0.0194. The van der Waals surface area contributed by atoms with E-state index in [4.69, 9.17) is 0 Å². The van der Waals surface area contributed by atoms with Crippen LogP contribution in [0.1, 0.15) is 28.8 Å². The van der Waals surface area contributed by atoms with Crippen molar-refractivity contribution in [3.8, 4) is 0 Å². The van der Waals surface area contributed by atoms with Crippen LogP contribution in [0.25, 0.3) is 0 Å². The highest BCUT2D eigenvalue weighted by Gasteiger charge is 2.19. The molecule has 1 amide bonds. The number of nitrogens with zero attached hydrogens (tertiary/aromatic N) is 3. The van der Waals surface area contributed by atoms with Gasteiger partial charge in [0.05, 0.1) is 6.54 Å². The molecule has 1 aliphatic rings. The lowest BCUT2D eigenvalue weighted by Gasteiger charge is -2.30. The minimum atomic E-state index is 0.0194. The molecule has 1 aromatic carbocycles. The smallest absolute Gasteiger partial charge is 0.251 e. The number of likely N-dealkylation sites (N-methyl/N-ethyl adjacent to an activating group) is 1. The average Bonchev–Trinajstić information content (AvgIpc) is 3.01. The second-order valence-electron chi connectivity index (χ2n) is 5.98. The summed E-state index contributed by atoms with van der Waals surface area (Å²) in [7, 11) is 2.10. The van der Waals surface area contributed by atoms with E-state index >= 15 is 0 Å². The predicted octanol–water partition coefficient (Wildman–Crippen LogP) is 1.76. The van der Waals surface area contributed by atoms with E-state index in [1.165, 1.54) is 0 Å². The fourth-order valence-electron chi connectivity index (χ4n) is 2.90. The Labute approximate surface area is 130 Å². The van der Waals surface area contributed by atoms with Gasteiger partial charge in [-0.2, -0.15) is 5.10 Å². The fourth-order valence-corrected chi connectivity index (χ4v) is 2.90. The lowest BCUT2D eigenvalue weighted by molar-refractivity contribution is 0.0912. The summed E-state index contributed by atoms with van der Waals surface area (Å²) >= 11 is 0. The summed E-state index contributed by atoms with van der Waals surface area (Å²) in [6.07, 6.45) is 5.90. The molecule has 5 heteroatoms. The van der Waals surface area contributed by atoms with Crippen molar-refractivity contribution in [1.29, 1.82) is 0 Å². The van der Waals surface area contributed by atoms with Gasteiger partial charge in [0.1, 0.15) is 0 Å². The molecule has 1 aromatic heterocycles. The van der Waals surface area contributed by atoms with Crippen molar-refractivity contribution in [1.82, 2.24) is 20.0 Å². The molecule has 2 heterocycles. The SMILES string of the molecule is CN1CCCC(NC(=O)c2ccc(Cn3cccn3)cc2)C1. The number of nitrogens with one attached hydrogen (secondary N) is 1. The van der Waals surface area contributed by atoms with Gasteiger partial charge in [-0.15, -0.1) is 0 Å². The molecule has 1 atom stereocenters. The first-order valence-corrected chi connectivity index (χ1v) is 7.76. The molecule has 22 heavy (non-hydrogen) atoms. The molecule has 1 saturated heterocycles. The Hall–Kier alpha value is -2.14. The normalized spacial score (nSPS) is 19.0. The van der Waals surface area contributed by atoms with E-state index in [2.05, 4.69) is 22.4 Å². The second kappa shape index (κ2) is 6.75.